The van der Waals surface area contributed by atoms with Crippen molar-refractivity contribution in [1.82, 2.24) is 0 Å². The third kappa shape index (κ3) is 3.20. The Morgan fingerprint density at radius 3 is 2.50 bits per heavy atom. The number of fused-ring (bicyclic) bond motifs is 1. The van der Waals surface area contributed by atoms with Crippen molar-refractivity contribution < 1.29 is 14.4 Å². The molecule has 1 heterocycles. The highest BCUT2D eigenvalue weighted by Crippen LogP contribution is 2.54. The summed E-state index contributed by atoms with van der Waals surface area (Å²) in [5, 5.41) is 38.9. The quantitative estimate of drug-likeness (QED) is 0.726. The highest BCUT2D eigenvalue weighted by Gasteiger charge is 2.59. The van der Waals surface area contributed by atoms with Crippen molar-refractivity contribution in [2.24, 2.45) is 17.3 Å². The molecule has 1 aliphatic heterocycles. The lowest BCUT2D eigenvalue weighted by molar-refractivity contribution is -0.899. The molecule has 1 saturated carbocycles. The monoisotopic (exact) mass is 404 g/mol. The maximum absolute atomic E-state index is 10.2. The summed E-state index contributed by atoms with van der Waals surface area (Å²) in [6, 6.07) is 11.8. The zero-order valence-corrected chi connectivity index (χ0v) is 17.5. The number of benzene rings is 1. The van der Waals surface area contributed by atoms with E-state index in [9.17, 15) is 15.8 Å². The van der Waals surface area contributed by atoms with Gasteiger partial charge in [0.15, 0.2) is 5.41 Å². The van der Waals surface area contributed by atoms with Crippen LogP contribution in [0.3, 0.4) is 0 Å². The molecule has 0 radical (unpaired) electrons. The molecule has 2 N–H and O–H groups in total. The van der Waals surface area contributed by atoms with Gasteiger partial charge >= 0.3 is 0 Å². The van der Waals surface area contributed by atoms with Crippen molar-refractivity contribution in [3.8, 4) is 29.7 Å². The Hall–Kier alpha value is -3.34. The zero-order chi connectivity index (χ0) is 21.9. The van der Waals surface area contributed by atoms with Crippen molar-refractivity contribution in [3.05, 3.63) is 35.4 Å². The number of ether oxygens (including phenoxy) is 2. The van der Waals surface area contributed by atoms with Crippen molar-refractivity contribution in [3.63, 3.8) is 0 Å². The molecule has 2 unspecified atom stereocenters. The van der Waals surface area contributed by atoms with Gasteiger partial charge in [0.05, 0.1) is 57.8 Å². The second-order valence-electron chi connectivity index (χ2n) is 7.81. The van der Waals surface area contributed by atoms with Gasteiger partial charge in [-0.25, -0.2) is 0 Å². The first-order valence-electron chi connectivity index (χ1n) is 10.1. The van der Waals surface area contributed by atoms with Crippen LogP contribution in [0.25, 0.3) is 0 Å². The Morgan fingerprint density at radius 1 is 1.20 bits per heavy atom. The first-order chi connectivity index (χ1) is 14.5. The number of hydrogen-bond acceptors (Lipinski definition) is 6. The van der Waals surface area contributed by atoms with E-state index in [1.165, 1.54) is 4.90 Å². The minimum atomic E-state index is -1.75. The highest BCUT2D eigenvalue weighted by molar-refractivity contribution is 6.01. The first-order valence-corrected chi connectivity index (χ1v) is 10.1. The second-order valence-corrected chi connectivity index (χ2v) is 7.81. The lowest BCUT2D eigenvalue weighted by atomic mass is 9.54. The van der Waals surface area contributed by atoms with E-state index in [1.54, 1.807) is 32.4 Å². The summed E-state index contributed by atoms with van der Waals surface area (Å²) >= 11 is 0. The fourth-order valence-corrected chi connectivity index (χ4v) is 4.95. The van der Waals surface area contributed by atoms with Crippen LogP contribution in [0.5, 0.6) is 11.5 Å². The summed E-state index contributed by atoms with van der Waals surface area (Å²) < 4.78 is 11.0. The molecule has 2 aliphatic rings. The molecule has 1 aromatic carbocycles. The number of methoxy groups -OCH3 is 2. The summed E-state index contributed by atoms with van der Waals surface area (Å²) in [6.07, 6.45) is 3.05. The molecule has 0 bridgehead atoms. The predicted octanol–water partition coefficient (Wildman–Crippen LogP) is 1.85. The molecule has 154 valence electrons. The average molecular weight is 404 g/mol. The molecule has 30 heavy (non-hydrogen) atoms. The van der Waals surface area contributed by atoms with Crippen LogP contribution in [0, 0.1) is 56.7 Å². The summed E-state index contributed by atoms with van der Waals surface area (Å²) in [7, 11) is 3.10. The van der Waals surface area contributed by atoms with Crippen LogP contribution in [0.1, 0.15) is 24.8 Å². The van der Waals surface area contributed by atoms with Crippen LogP contribution in [-0.4, -0.2) is 39.6 Å². The highest BCUT2D eigenvalue weighted by atomic mass is 16.5. The van der Waals surface area contributed by atoms with Gasteiger partial charge in [0.1, 0.15) is 17.4 Å². The molecule has 0 amide bonds. The number of quaternary nitrogens is 1. The Bertz CT molecular complexity index is 980. The maximum Gasteiger partial charge on any atom is 0.190 e. The Balaban J connectivity index is 2.29. The lowest BCUT2D eigenvalue weighted by Crippen LogP contribution is -3.13. The van der Waals surface area contributed by atoms with E-state index in [1.807, 2.05) is 6.08 Å². The van der Waals surface area contributed by atoms with Gasteiger partial charge < -0.3 is 19.8 Å². The van der Waals surface area contributed by atoms with Gasteiger partial charge in [-0.2, -0.15) is 15.8 Å². The molecule has 1 aromatic rings. The third-order valence-corrected chi connectivity index (χ3v) is 6.34. The van der Waals surface area contributed by atoms with E-state index >= 15 is 0 Å². The van der Waals surface area contributed by atoms with Crippen LogP contribution in [0.15, 0.2) is 29.8 Å². The van der Waals surface area contributed by atoms with Crippen LogP contribution < -0.4 is 14.4 Å². The van der Waals surface area contributed by atoms with Gasteiger partial charge in [-0.05, 0) is 36.3 Å². The minimum absolute atomic E-state index is 0.147. The van der Waals surface area contributed by atoms with Crippen molar-refractivity contribution in [2.75, 3.05) is 33.9 Å². The minimum Gasteiger partial charge on any atom is -0.497 e. The first kappa shape index (κ1) is 21.4. The molecule has 0 saturated heterocycles. The van der Waals surface area contributed by atoms with E-state index in [0.29, 0.717) is 23.6 Å². The zero-order valence-electron chi connectivity index (χ0n) is 17.5. The van der Waals surface area contributed by atoms with E-state index < -0.39 is 17.3 Å². The van der Waals surface area contributed by atoms with E-state index in [2.05, 4.69) is 25.1 Å². The van der Waals surface area contributed by atoms with Gasteiger partial charge in [0, 0.05) is 17.4 Å². The fraction of sp³-hybridized carbons (Fsp3) is 0.478. The van der Waals surface area contributed by atoms with E-state index in [-0.39, 0.29) is 11.6 Å². The summed E-state index contributed by atoms with van der Waals surface area (Å²) in [6.45, 7) is 4.56. The molecule has 0 spiro atoms. The van der Waals surface area contributed by atoms with Crippen molar-refractivity contribution in [1.29, 1.82) is 21.2 Å². The second kappa shape index (κ2) is 8.57. The smallest absolute Gasteiger partial charge is 0.190 e. The normalized spacial score (nSPS) is 26.9. The molecule has 3 rings (SSSR count). The SMILES string of the molecule is CCC[NH+]1CC=C2C(C#N)C(=N)C(C#N)(C#N)[C@@H](c3cc(OC)ccc3OC)[C@@H]2C1. The standard InChI is InChI=1S/C23H25N5O2/c1-4-8-28-9-7-16-18(11-24)22(27)23(13-25,14-26)21(19(16)12-28)17-10-15(29-2)5-6-20(17)30-3/h5-7,10,18-19,21,27H,4,8-9,12H2,1-3H3/p+1/t18?,19-,21+/m1/s1. The van der Waals surface area contributed by atoms with Gasteiger partial charge in [-0.15, -0.1) is 0 Å². The van der Waals surface area contributed by atoms with Crippen LogP contribution >= 0.6 is 0 Å². The number of nitriles is 3. The van der Waals surface area contributed by atoms with Crippen LogP contribution in [0.4, 0.5) is 0 Å². The third-order valence-electron chi connectivity index (χ3n) is 6.34. The topological polar surface area (TPSA) is 118 Å². The molecule has 0 aromatic heterocycles. The predicted molar refractivity (Wildman–Crippen MR) is 110 cm³/mol. The molecule has 1 aliphatic carbocycles. The average Bonchev–Trinajstić information content (AvgIpc) is 2.78. The maximum atomic E-state index is 10.2. The Labute approximate surface area is 177 Å². The molecule has 7 heteroatoms. The van der Waals surface area contributed by atoms with E-state index in [4.69, 9.17) is 14.9 Å². The molecular formula is C23H26N5O2+. The summed E-state index contributed by atoms with van der Waals surface area (Å²) in [5.74, 6) is -0.581. The number of nitrogens with zero attached hydrogens (tertiary/aromatic N) is 3. The molecule has 4 atom stereocenters. The Kier molecular flexibility index (Phi) is 6.11. The summed E-state index contributed by atoms with van der Waals surface area (Å²) in [5.41, 5.74) is -0.393. The molecule has 1 fully saturated rings. The molecular weight excluding hydrogens is 378 g/mol. The lowest BCUT2D eigenvalue weighted by Gasteiger charge is -2.46. The van der Waals surface area contributed by atoms with Gasteiger partial charge in [0.2, 0.25) is 0 Å². The van der Waals surface area contributed by atoms with Gasteiger partial charge in [-0.3, -0.25) is 0 Å². The van der Waals surface area contributed by atoms with Gasteiger partial charge in [0.25, 0.3) is 0 Å². The fourth-order valence-electron chi connectivity index (χ4n) is 4.95. The number of rotatable bonds is 5. The number of nitrogens with one attached hydrogen (secondary N) is 2. The van der Waals surface area contributed by atoms with Gasteiger partial charge in [-0.1, -0.05) is 6.92 Å². The van der Waals surface area contributed by atoms with Crippen LogP contribution in [0.2, 0.25) is 0 Å². The summed E-state index contributed by atoms with van der Waals surface area (Å²) in [4.78, 5) is 1.34. The van der Waals surface area contributed by atoms with Crippen molar-refractivity contribution >= 4 is 5.71 Å². The Morgan fingerprint density at radius 2 is 1.93 bits per heavy atom. The van der Waals surface area contributed by atoms with Crippen LogP contribution in [-0.2, 0) is 0 Å². The largest absolute Gasteiger partial charge is 0.497 e. The van der Waals surface area contributed by atoms with Crippen molar-refractivity contribution in [2.45, 2.75) is 19.3 Å². The number of hydrogen-bond donors (Lipinski definition) is 2. The molecule has 7 nitrogen and oxygen atoms in total. The van der Waals surface area contributed by atoms with E-state index in [0.717, 1.165) is 25.1 Å².